The van der Waals surface area contributed by atoms with E-state index in [0.717, 1.165) is 32.6 Å². The number of hydrogen-bond acceptors (Lipinski definition) is 4. The third kappa shape index (κ3) is 8.39. The molecule has 4 nitrogen and oxygen atoms in total. The maximum atomic E-state index is 11.0. The molecular weight excluding hydrogens is 192 g/mol. The first-order valence-corrected chi connectivity index (χ1v) is 5.54. The smallest absolute Gasteiger partial charge is 0.306 e. The summed E-state index contributed by atoms with van der Waals surface area (Å²) in [6.07, 6.45) is 1.63. The zero-order chi connectivity index (χ0) is 11.7. The van der Waals surface area contributed by atoms with Crippen LogP contribution >= 0.6 is 0 Å². The predicted octanol–water partition coefficient (Wildman–Crippen LogP) is 0.823. The molecule has 0 aromatic rings. The predicted molar refractivity (Wildman–Crippen MR) is 61.9 cm³/mol. The number of nitrogens with zero attached hydrogens (tertiary/aromatic N) is 2. The SMILES string of the molecule is CCN(CCCN(C)C)CCC(=O)OC. The number of carbonyl (C=O) groups is 1. The van der Waals surface area contributed by atoms with Crippen molar-refractivity contribution in [2.24, 2.45) is 0 Å². The molecule has 4 heteroatoms. The molecule has 0 aliphatic carbocycles. The zero-order valence-corrected chi connectivity index (χ0v) is 10.5. The van der Waals surface area contributed by atoms with Crippen molar-refractivity contribution in [1.82, 2.24) is 9.80 Å². The van der Waals surface area contributed by atoms with Crippen molar-refractivity contribution in [2.75, 3.05) is 47.4 Å². The first kappa shape index (κ1) is 14.4. The molecule has 0 saturated heterocycles. The first-order valence-electron chi connectivity index (χ1n) is 5.54. The Kier molecular flexibility index (Phi) is 8.33. The summed E-state index contributed by atoms with van der Waals surface area (Å²) in [7, 11) is 5.58. The van der Waals surface area contributed by atoms with Crippen molar-refractivity contribution in [1.29, 1.82) is 0 Å². The minimum absolute atomic E-state index is 0.124. The van der Waals surface area contributed by atoms with Crippen LogP contribution in [-0.2, 0) is 9.53 Å². The van der Waals surface area contributed by atoms with Crippen molar-refractivity contribution >= 4 is 5.97 Å². The van der Waals surface area contributed by atoms with Gasteiger partial charge in [0.15, 0.2) is 0 Å². The van der Waals surface area contributed by atoms with Gasteiger partial charge < -0.3 is 14.5 Å². The number of carbonyl (C=O) groups excluding carboxylic acids is 1. The Bertz CT molecular complexity index is 172. The summed E-state index contributed by atoms with van der Waals surface area (Å²) in [6.45, 7) is 6.05. The lowest BCUT2D eigenvalue weighted by atomic mass is 10.3. The van der Waals surface area contributed by atoms with Crippen molar-refractivity contribution in [3.8, 4) is 0 Å². The van der Waals surface area contributed by atoms with Gasteiger partial charge in [0.25, 0.3) is 0 Å². The molecule has 0 aliphatic heterocycles. The Morgan fingerprint density at radius 1 is 1.20 bits per heavy atom. The Hall–Kier alpha value is -0.610. The number of ether oxygens (including phenoxy) is 1. The molecule has 0 bridgehead atoms. The number of esters is 1. The molecule has 0 N–H and O–H groups in total. The number of hydrogen-bond donors (Lipinski definition) is 0. The summed E-state index contributed by atoms with van der Waals surface area (Å²) < 4.78 is 4.61. The van der Waals surface area contributed by atoms with Gasteiger partial charge in [0.05, 0.1) is 13.5 Å². The summed E-state index contributed by atoms with van der Waals surface area (Å²) in [4.78, 5) is 15.4. The summed E-state index contributed by atoms with van der Waals surface area (Å²) in [5, 5.41) is 0. The number of rotatable bonds is 8. The van der Waals surface area contributed by atoms with Gasteiger partial charge in [-0.15, -0.1) is 0 Å². The lowest BCUT2D eigenvalue weighted by Crippen LogP contribution is -2.29. The van der Waals surface area contributed by atoms with Crippen LogP contribution in [0.15, 0.2) is 0 Å². The molecule has 0 fully saturated rings. The molecule has 0 saturated carbocycles. The van der Waals surface area contributed by atoms with Crippen molar-refractivity contribution in [2.45, 2.75) is 19.8 Å². The molecule has 0 unspecified atom stereocenters. The normalized spacial score (nSPS) is 11.1. The van der Waals surface area contributed by atoms with Crippen LogP contribution in [0.5, 0.6) is 0 Å². The molecule has 0 aromatic carbocycles. The van der Waals surface area contributed by atoms with Crippen LogP contribution in [0.2, 0.25) is 0 Å². The van der Waals surface area contributed by atoms with Crippen LogP contribution < -0.4 is 0 Å². The van der Waals surface area contributed by atoms with E-state index in [4.69, 9.17) is 0 Å². The average Bonchev–Trinajstić information content (AvgIpc) is 2.22. The summed E-state index contributed by atoms with van der Waals surface area (Å²) >= 11 is 0. The van der Waals surface area contributed by atoms with Crippen LogP contribution in [0.1, 0.15) is 19.8 Å². The number of methoxy groups -OCH3 is 1. The molecule has 0 radical (unpaired) electrons. The van der Waals surface area contributed by atoms with Crippen LogP contribution in [0.25, 0.3) is 0 Å². The van der Waals surface area contributed by atoms with Crippen LogP contribution in [0, 0.1) is 0 Å². The Morgan fingerprint density at radius 3 is 2.33 bits per heavy atom. The quantitative estimate of drug-likeness (QED) is 0.562. The van der Waals surface area contributed by atoms with Crippen molar-refractivity contribution < 1.29 is 9.53 Å². The van der Waals surface area contributed by atoms with Gasteiger partial charge in [0.1, 0.15) is 0 Å². The molecular formula is C11H24N2O2. The monoisotopic (exact) mass is 216 g/mol. The fourth-order valence-corrected chi connectivity index (χ4v) is 1.39. The summed E-state index contributed by atoms with van der Waals surface area (Å²) in [6, 6.07) is 0. The summed E-state index contributed by atoms with van der Waals surface area (Å²) in [5.41, 5.74) is 0. The highest BCUT2D eigenvalue weighted by Crippen LogP contribution is 1.96. The van der Waals surface area contributed by atoms with Crippen molar-refractivity contribution in [3.05, 3.63) is 0 Å². The van der Waals surface area contributed by atoms with E-state index in [1.807, 2.05) is 0 Å². The second kappa shape index (κ2) is 8.68. The largest absolute Gasteiger partial charge is 0.469 e. The van der Waals surface area contributed by atoms with Gasteiger partial charge in [0, 0.05) is 6.54 Å². The molecule has 0 heterocycles. The van der Waals surface area contributed by atoms with E-state index >= 15 is 0 Å². The molecule has 0 atom stereocenters. The fraction of sp³-hybridized carbons (Fsp3) is 0.909. The van der Waals surface area contributed by atoms with Crippen LogP contribution in [0.4, 0.5) is 0 Å². The molecule has 0 aliphatic rings. The highest BCUT2D eigenvalue weighted by Gasteiger charge is 2.06. The van der Waals surface area contributed by atoms with Crippen LogP contribution in [0.3, 0.4) is 0 Å². The van der Waals surface area contributed by atoms with E-state index in [1.165, 1.54) is 7.11 Å². The Morgan fingerprint density at radius 2 is 1.87 bits per heavy atom. The second-order valence-corrected chi connectivity index (χ2v) is 3.92. The third-order valence-electron chi connectivity index (χ3n) is 2.39. The topological polar surface area (TPSA) is 32.8 Å². The third-order valence-corrected chi connectivity index (χ3v) is 2.39. The fourth-order valence-electron chi connectivity index (χ4n) is 1.39. The van der Waals surface area contributed by atoms with E-state index in [9.17, 15) is 4.79 Å². The van der Waals surface area contributed by atoms with Crippen molar-refractivity contribution in [3.63, 3.8) is 0 Å². The van der Waals surface area contributed by atoms with E-state index in [-0.39, 0.29) is 5.97 Å². The van der Waals surface area contributed by atoms with Gasteiger partial charge in [0.2, 0.25) is 0 Å². The minimum atomic E-state index is -0.124. The second-order valence-electron chi connectivity index (χ2n) is 3.92. The lowest BCUT2D eigenvalue weighted by Gasteiger charge is -2.20. The minimum Gasteiger partial charge on any atom is -0.469 e. The maximum Gasteiger partial charge on any atom is 0.306 e. The van der Waals surface area contributed by atoms with Gasteiger partial charge in [-0.3, -0.25) is 4.79 Å². The van der Waals surface area contributed by atoms with Gasteiger partial charge in [-0.25, -0.2) is 0 Å². The molecule has 15 heavy (non-hydrogen) atoms. The Balaban J connectivity index is 3.59. The lowest BCUT2D eigenvalue weighted by molar-refractivity contribution is -0.140. The molecule has 90 valence electrons. The van der Waals surface area contributed by atoms with Gasteiger partial charge in [-0.05, 0) is 40.2 Å². The van der Waals surface area contributed by atoms with Gasteiger partial charge >= 0.3 is 5.97 Å². The summed E-state index contributed by atoms with van der Waals surface area (Å²) in [5.74, 6) is -0.124. The van der Waals surface area contributed by atoms with E-state index in [2.05, 4.69) is 35.6 Å². The Labute approximate surface area is 93.2 Å². The first-order chi connectivity index (χ1) is 7.10. The standard InChI is InChI=1S/C11H24N2O2/c1-5-13(9-6-8-12(2)3)10-7-11(14)15-4/h5-10H2,1-4H3. The van der Waals surface area contributed by atoms with E-state index in [0.29, 0.717) is 6.42 Å². The highest BCUT2D eigenvalue weighted by atomic mass is 16.5. The van der Waals surface area contributed by atoms with Gasteiger partial charge in [-0.2, -0.15) is 0 Å². The highest BCUT2D eigenvalue weighted by molar-refractivity contribution is 5.69. The molecule has 0 spiro atoms. The molecule has 0 rings (SSSR count). The average molecular weight is 216 g/mol. The van der Waals surface area contributed by atoms with E-state index in [1.54, 1.807) is 0 Å². The zero-order valence-electron chi connectivity index (χ0n) is 10.5. The molecule has 0 amide bonds. The van der Waals surface area contributed by atoms with Gasteiger partial charge in [-0.1, -0.05) is 6.92 Å². The molecule has 0 aromatic heterocycles. The maximum absolute atomic E-state index is 11.0. The van der Waals surface area contributed by atoms with Crippen LogP contribution in [-0.4, -0.2) is 63.2 Å². The van der Waals surface area contributed by atoms with E-state index < -0.39 is 0 Å².